The first-order valence-electron chi connectivity index (χ1n) is 9.48. The summed E-state index contributed by atoms with van der Waals surface area (Å²) in [6.45, 7) is 1.22. The van der Waals surface area contributed by atoms with Gasteiger partial charge >= 0.3 is 5.97 Å². The zero-order valence-electron chi connectivity index (χ0n) is 15.9. The molecule has 0 aromatic heterocycles. The maximum absolute atomic E-state index is 12.9. The Hall–Kier alpha value is -1.64. The van der Waals surface area contributed by atoms with Gasteiger partial charge < -0.3 is 9.64 Å². The standard InChI is InChI=1S/C19H25ClN2O5S/c1-27-19(24)15-6-7-17(16(20)13-15)28(25,26)22-10-8-21(9-11-22)18(23)12-14-4-2-3-5-14/h6-7,13-14H,2-5,8-12H2,1H3. The van der Waals surface area contributed by atoms with Crippen LogP contribution in [0.1, 0.15) is 42.5 Å². The molecule has 1 amide bonds. The maximum atomic E-state index is 12.9. The first-order chi connectivity index (χ1) is 13.3. The van der Waals surface area contributed by atoms with Crippen LogP contribution < -0.4 is 0 Å². The quantitative estimate of drug-likeness (QED) is 0.673. The lowest BCUT2D eigenvalue weighted by Gasteiger charge is -2.34. The Morgan fingerprint density at radius 2 is 1.79 bits per heavy atom. The minimum Gasteiger partial charge on any atom is -0.465 e. The summed E-state index contributed by atoms with van der Waals surface area (Å²) in [6, 6.07) is 4.00. The highest BCUT2D eigenvalue weighted by atomic mass is 35.5. The minimum absolute atomic E-state index is 0.0253. The third-order valence-electron chi connectivity index (χ3n) is 5.50. The molecule has 0 radical (unpaired) electrons. The van der Waals surface area contributed by atoms with Crippen LogP contribution >= 0.6 is 11.6 Å². The Morgan fingerprint density at radius 1 is 1.14 bits per heavy atom. The van der Waals surface area contributed by atoms with Gasteiger partial charge in [-0.05, 0) is 37.0 Å². The molecule has 2 aliphatic rings. The van der Waals surface area contributed by atoms with Crippen molar-refractivity contribution in [3.8, 4) is 0 Å². The van der Waals surface area contributed by atoms with Gasteiger partial charge in [-0.2, -0.15) is 4.31 Å². The Bertz CT molecular complexity index is 844. The van der Waals surface area contributed by atoms with Crippen molar-refractivity contribution < 1.29 is 22.7 Å². The Kier molecular flexibility index (Phi) is 6.62. The van der Waals surface area contributed by atoms with Crippen LogP contribution in [0.25, 0.3) is 0 Å². The van der Waals surface area contributed by atoms with Crippen LogP contribution in [0.2, 0.25) is 5.02 Å². The number of piperazine rings is 1. The van der Waals surface area contributed by atoms with E-state index < -0.39 is 16.0 Å². The predicted octanol–water partition coefficient (Wildman–Crippen LogP) is 2.54. The predicted molar refractivity (Wildman–Crippen MR) is 105 cm³/mol. The van der Waals surface area contributed by atoms with E-state index in [1.807, 2.05) is 0 Å². The Labute approximate surface area is 170 Å². The lowest BCUT2D eigenvalue weighted by atomic mass is 10.0. The molecule has 0 bridgehead atoms. The van der Waals surface area contributed by atoms with Gasteiger partial charge in [0.05, 0.1) is 17.7 Å². The van der Waals surface area contributed by atoms with Crippen LogP contribution in [-0.2, 0) is 19.6 Å². The van der Waals surface area contributed by atoms with E-state index in [0.29, 0.717) is 25.4 Å². The van der Waals surface area contributed by atoms with Crippen molar-refractivity contribution in [2.45, 2.75) is 37.0 Å². The van der Waals surface area contributed by atoms with E-state index >= 15 is 0 Å². The summed E-state index contributed by atoms with van der Waals surface area (Å²) in [6.07, 6.45) is 5.17. The highest BCUT2D eigenvalue weighted by Crippen LogP contribution is 2.29. The highest BCUT2D eigenvalue weighted by molar-refractivity contribution is 7.89. The van der Waals surface area contributed by atoms with Crippen molar-refractivity contribution in [3.63, 3.8) is 0 Å². The molecule has 1 aliphatic carbocycles. The lowest BCUT2D eigenvalue weighted by molar-refractivity contribution is -0.133. The van der Waals surface area contributed by atoms with E-state index in [1.54, 1.807) is 4.90 Å². The zero-order chi connectivity index (χ0) is 20.3. The summed E-state index contributed by atoms with van der Waals surface area (Å²) in [5, 5.41) is -0.0253. The number of ether oxygens (including phenoxy) is 1. The normalized spacial score (nSPS) is 19.0. The SMILES string of the molecule is COC(=O)c1ccc(S(=O)(=O)N2CCN(C(=O)CC3CCCC3)CC2)c(Cl)c1. The van der Waals surface area contributed by atoms with Gasteiger partial charge in [0.25, 0.3) is 0 Å². The van der Waals surface area contributed by atoms with E-state index in [0.717, 1.165) is 12.8 Å². The smallest absolute Gasteiger partial charge is 0.337 e. The molecule has 1 saturated carbocycles. The fourth-order valence-corrected chi connectivity index (χ4v) is 5.80. The number of carbonyl (C=O) groups excluding carboxylic acids is 2. The number of hydrogen-bond acceptors (Lipinski definition) is 5. The zero-order valence-corrected chi connectivity index (χ0v) is 17.5. The first kappa shape index (κ1) is 21.1. The van der Waals surface area contributed by atoms with Gasteiger partial charge in [-0.1, -0.05) is 24.4 Å². The number of halogens is 1. The summed E-state index contributed by atoms with van der Waals surface area (Å²) < 4.78 is 31.8. The van der Waals surface area contributed by atoms with Crippen molar-refractivity contribution in [1.29, 1.82) is 0 Å². The van der Waals surface area contributed by atoms with Gasteiger partial charge in [0.1, 0.15) is 4.90 Å². The van der Waals surface area contributed by atoms with E-state index in [1.165, 1.54) is 42.5 Å². The van der Waals surface area contributed by atoms with Crippen LogP contribution in [0.15, 0.2) is 23.1 Å². The molecule has 7 nitrogen and oxygen atoms in total. The number of nitrogens with zero attached hydrogens (tertiary/aromatic N) is 2. The molecule has 1 heterocycles. The average Bonchev–Trinajstić information content (AvgIpc) is 3.20. The van der Waals surface area contributed by atoms with Gasteiger partial charge in [0.15, 0.2) is 0 Å². The first-order valence-corrected chi connectivity index (χ1v) is 11.3. The summed E-state index contributed by atoms with van der Waals surface area (Å²) in [5.41, 5.74) is 0.189. The number of carbonyl (C=O) groups is 2. The summed E-state index contributed by atoms with van der Waals surface area (Å²) in [4.78, 5) is 25.7. The van der Waals surface area contributed by atoms with Crippen molar-refractivity contribution in [2.24, 2.45) is 5.92 Å². The van der Waals surface area contributed by atoms with Crippen molar-refractivity contribution >= 4 is 33.5 Å². The fourth-order valence-electron chi connectivity index (χ4n) is 3.86. The number of benzene rings is 1. The number of rotatable bonds is 5. The van der Waals surface area contributed by atoms with Gasteiger partial charge in [0.2, 0.25) is 15.9 Å². The summed E-state index contributed by atoms with van der Waals surface area (Å²) in [7, 11) is -2.56. The second kappa shape index (κ2) is 8.80. The molecule has 9 heteroatoms. The molecule has 1 aromatic rings. The molecule has 0 spiro atoms. The van der Waals surface area contributed by atoms with Gasteiger partial charge in [-0.3, -0.25) is 4.79 Å². The van der Waals surface area contributed by atoms with Crippen LogP contribution in [0.5, 0.6) is 0 Å². The molecule has 1 saturated heterocycles. The van der Waals surface area contributed by atoms with Crippen molar-refractivity contribution in [2.75, 3.05) is 33.3 Å². The minimum atomic E-state index is -3.80. The molecule has 0 unspecified atom stereocenters. The van der Waals surface area contributed by atoms with Crippen LogP contribution in [0, 0.1) is 5.92 Å². The number of esters is 1. The second-order valence-corrected chi connectivity index (χ2v) is 9.59. The van der Waals surface area contributed by atoms with Crippen molar-refractivity contribution in [1.82, 2.24) is 9.21 Å². The Balaban J connectivity index is 1.64. The molecule has 1 aromatic carbocycles. The molecule has 3 rings (SSSR count). The highest BCUT2D eigenvalue weighted by Gasteiger charge is 2.32. The monoisotopic (exact) mass is 428 g/mol. The molecule has 154 valence electrons. The van der Waals surface area contributed by atoms with Gasteiger partial charge in [-0.25, -0.2) is 13.2 Å². The van der Waals surface area contributed by atoms with Gasteiger partial charge in [0, 0.05) is 32.6 Å². The van der Waals surface area contributed by atoms with E-state index in [9.17, 15) is 18.0 Å². The lowest BCUT2D eigenvalue weighted by Crippen LogP contribution is -2.50. The summed E-state index contributed by atoms with van der Waals surface area (Å²) >= 11 is 6.13. The molecular weight excluding hydrogens is 404 g/mol. The van der Waals surface area contributed by atoms with Crippen molar-refractivity contribution in [3.05, 3.63) is 28.8 Å². The average molecular weight is 429 g/mol. The molecule has 0 N–H and O–H groups in total. The third kappa shape index (κ3) is 4.50. The van der Waals surface area contributed by atoms with E-state index in [2.05, 4.69) is 4.74 Å². The molecule has 0 atom stereocenters. The number of hydrogen-bond donors (Lipinski definition) is 0. The third-order valence-corrected chi connectivity index (χ3v) is 7.88. The largest absolute Gasteiger partial charge is 0.465 e. The maximum Gasteiger partial charge on any atom is 0.337 e. The van der Waals surface area contributed by atoms with Gasteiger partial charge in [-0.15, -0.1) is 0 Å². The molecule has 2 fully saturated rings. The number of amides is 1. The Morgan fingerprint density at radius 3 is 2.36 bits per heavy atom. The number of methoxy groups -OCH3 is 1. The fraction of sp³-hybridized carbons (Fsp3) is 0.579. The van der Waals surface area contributed by atoms with E-state index in [-0.39, 0.29) is 34.5 Å². The van der Waals surface area contributed by atoms with Crippen LogP contribution in [-0.4, -0.2) is 62.8 Å². The van der Waals surface area contributed by atoms with Crippen LogP contribution in [0.4, 0.5) is 0 Å². The molecular formula is C19H25ClN2O5S. The van der Waals surface area contributed by atoms with E-state index in [4.69, 9.17) is 11.6 Å². The van der Waals surface area contributed by atoms with Crippen LogP contribution in [0.3, 0.4) is 0 Å². The second-order valence-electron chi connectivity index (χ2n) is 7.28. The topological polar surface area (TPSA) is 84.0 Å². The molecule has 1 aliphatic heterocycles. The molecule has 28 heavy (non-hydrogen) atoms. The number of sulfonamides is 1. The summed E-state index contributed by atoms with van der Waals surface area (Å²) in [5.74, 6) is 0.00560.